The van der Waals surface area contributed by atoms with Gasteiger partial charge in [-0.05, 0) is 49.9 Å². The number of rotatable bonds is 2. The smallest absolute Gasteiger partial charge is 0.0951 e. The van der Waals surface area contributed by atoms with Crippen molar-refractivity contribution in [3.63, 3.8) is 0 Å². The van der Waals surface area contributed by atoms with Gasteiger partial charge in [-0.15, -0.1) is 0 Å². The summed E-state index contributed by atoms with van der Waals surface area (Å²) in [6, 6.07) is 4.68. The summed E-state index contributed by atoms with van der Waals surface area (Å²) in [6.45, 7) is 6.70. The molecule has 0 saturated heterocycles. The van der Waals surface area contributed by atoms with Crippen LogP contribution in [0.2, 0.25) is 0 Å². The minimum atomic E-state index is 1.08. The molecule has 0 atom stereocenters. The van der Waals surface area contributed by atoms with Crippen molar-refractivity contribution >= 4 is 5.69 Å². The Morgan fingerprint density at radius 3 is 2.84 bits per heavy atom. The van der Waals surface area contributed by atoms with Gasteiger partial charge in [0.1, 0.15) is 0 Å². The number of hydrogen-bond acceptors (Lipinski definition) is 2. The maximum atomic E-state index is 4.48. The van der Waals surface area contributed by atoms with Crippen molar-refractivity contribution in [2.75, 3.05) is 18.0 Å². The Morgan fingerprint density at radius 1 is 1.32 bits per heavy atom. The van der Waals surface area contributed by atoms with E-state index < -0.39 is 0 Å². The van der Waals surface area contributed by atoms with E-state index in [9.17, 15) is 0 Å². The third-order valence-corrected chi connectivity index (χ3v) is 4.00. The third kappa shape index (κ3) is 2.14. The van der Waals surface area contributed by atoms with Gasteiger partial charge in [-0.1, -0.05) is 0 Å². The second-order valence-electron chi connectivity index (χ2n) is 5.40. The fraction of sp³-hybridized carbons (Fsp3) is 0.438. The topological polar surface area (TPSA) is 21.1 Å². The van der Waals surface area contributed by atoms with E-state index in [0.29, 0.717) is 0 Å². The molecular formula is C16H21N3. The van der Waals surface area contributed by atoms with Crippen molar-refractivity contribution in [1.82, 2.24) is 9.55 Å². The molecular weight excluding hydrogens is 234 g/mol. The number of fused-ring (bicyclic) bond motifs is 1. The quantitative estimate of drug-likeness (QED) is 0.822. The second kappa shape index (κ2) is 4.72. The molecule has 0 fully saturated rings. The highest BCUT2D eigenvalue weighted by molar-refractivity contribution is 5.71. The normalized spacial score (nSPS) is 14.6. The second-order valence-corrected chi connectivity index (χ2v) is 5.40. The van der Waals surface area contributed by atoms with Crippen LogP contribution in [0.1, 0.15) is 24.5 Å². The largest absolute Gasteiger partial charge is 0.372 e. The average Bonchev–Trinajstić information content (AvgIpc) is 2.84. The Labute approximate surface area is 114 Å². The van der Waals surface area contributed by atoms with E-state index in [-0.39, 0.29) is 0 Å². The highest BCUT2D eigenvalue weighted by Crippen LogP contribution is 2.33. The molecule has 100 valence electrons. The minimum absolute atomic E-state index is 1.08. The van der Waals surface area contributed by atoms with Gasteiger partial charge in [0.2, 0.25) is 0 Å². The molecule has 1 aliphatic heterocycles. The zero-order chi connectivity index (χ0) is 13.4. The molecule has 1 aromatic heterocycles. The van der Waals surface area contributed by atoms with Gasteiger partial charge in [-0.25, -0.2) is 4.98 Å². The van der Waals surface area contributed by atoms with Gasteiger partial charge in [0.15, 0.2) is 0 Å². The summed E-state index contributed by atoms with van der Waals surface area (Å²) in [6.07, 6.45) is 6.40. The lowest BCUT2D eigenvalue weighted by atomic mass is 9.95. The van der Waals surface area contributed by atoms with Crippen LogP contribution in [0.5, 0.6) is 0 Å². The van der Waals surface area contributed by atoms with Crippen LogP contribution in [0.4, 0.5) is 5.69 Å². The number of benzene rings is 1. The maximum Gasteiger partial charge on any atom is 0.0951 e. The molecule has 0 N–H and O–H groups in total. The molecule has 2 heterocycles. The molecule has 3 nitrogen and oxygen atoms in total. The zero-order valence-corrected chi connectivity index (χ0v) is 12.0. The summed E-state index contributed by atoms with van der Waals surface area (Å²) in [5, 5.41) is 0. The van der Waals surface area contributed by atoms with E-state index >= 15 is 0 Å². The number of aromatic nitrogens is 2. The standard InChI is InChI=1S/C16H21N3/c1-4-19-7-5-6-13-9-14(12(2)8-16(13)19)15-10-18(3)11-17-15/h8-11H,4-7H2,1-3H3. The Morgan fingerprint density at radius 2 is 2.16 bits per heavy atom. The van der Waals surface area contributed by atoms with E-state index in [1.54, 1.807) is 0 Å². The first-order valence-corrected chi connectivity index (χ1v) is 7.06. The first-order valence-electron chi connectivity index (χ1n) is 7.06. The molecule has 0 radical (unpaired) electrons. The third-order valence-electron chi connectivity index (χ3n) is 4.00. The molecule has 0 bridgehead atoms. The van der Waals surface area contributed by atoms with Gasteiger partial charge in [0.25, 0.3) is 0 Å². The highest BCUT2D eigenvalue weighted by Gasteiger charge is 2.18. The first-order chi connectivity index (χ1) is 9.19. The van der Waals surface area contributed by atoms with Gasteiger partial charge in [0.05, 0.1) is 12.0 Å². The molecule has 0 spiro atoms. The number of anilines is 1. The summed E-state index contributed by atoms with van der Waals surface area (Å²) in [5.74, 6) is 0. The summed E-state index contributed by atoms with van der Waals surface area (Å²) in [4.78, 5) is 6.96. The van der Waals surface area contributed by atoms with Crippen molar-refractivity contribution in [3.8, 4) is 11.3 Å². The molecule has 0 amide bonds. The molecule has 3 heteroatoms. The van der Waals surface area contributed by atoms with Crippen molar-refractivity contribution in [1.29, 1.82) is 0 Å². The van der Waals surface area contributed by atoms with Crippen molar-refractivity contribution in [2.24, 2.45) is 7.05 Å². The van der Waals surface area contributed by atoms with Crippen LogP contribution >= 0.6 is 0 Å². The van der Waals surface area contributed by atoms with Gasteiger partial charge in [0, 0.05) is 37.6 Å². The lowest BCUT2D eigenvalue weighted by Crippen LogP contribution is -2.29. The van der Waals surface area contributed by atoms with Crippen LogP contribution in [0.15, 0.2) is 24.7 Å². The Hall–Kier alpha value is -1.77. The number of hydrogen-bond donors (Lipinski definition) is 0. The van der Waals surface area contributed by atoms with E-state index in [0.717, 1.165) is 12.2 Å². The average molecular weight is 255 g/mol. The van der Waals surface area contributed by atoms with E-state index in [1.165, 1.54) is 41.8 Å². The molecule has 19 heavy (non-hydrogen) atoms. The molecule has 3 rings (SSSR count). The Balaban J connectivity index is 2.09. The van der Waals surface area contributed by atoms with Crippen LogP contribution in [-0.2, 0) is 13.5 Å². The van der Waals surface area contributed by atoms with Crippen LogP contribution in [0.3, 0.4) is 0 Å². The van der Waals surface area contributed by atoms with Crippen LogP contribution in [-0.4, -0.2) is 22.6 Å². The van der Waals surface area contributed by atoms with E-state index in [1.807, 2.05) is 17.9 Å². The van der Waals surface area contributed by atoms with E-state index in [2.05, 4.69) is 42.1 Å². The highest BCUT2D eigenvalue weighted by atomic mass is 15.1. The molecule has 0 unspecified atom stereocenters. The predicted octanol–water partition coefficient (Wildman–Crippen LogP) is 3.17. The molecule has 0 aliphatic carbocycles. The fourth-order valence-electron chi connectivity index (χ4n) is 2.97. The van der Waals surface area contributed by atoms with Crippen LogP contribution in [0.25, 0.3) is 11.3 Å². The van der Waals surface area contributed by atoms with Crippen molar-refractivity contribution in [2.45, 2.75) is 26.7 Å². The van der Waals surface area contributed by atoms with E-state index in [4.69, 9.17) is 0 Å². The predicted molar refractivity (Wildman–Crippen MR) is 79.6 cm³/mol. The summed E-state index contributed by atoms with van der Waals surface area (Å²) in [5.41, 5.74) is 6.57. The molecule has 0 saturated carbocycles. The molecule has 2 aromatic rings. The van der Waals surface area contributed by atoms with Crippen LogP contribution in [0, 0.1) is 6.92 Å². The van der Waals surface area contributed by atoms with Gasteiger partial charge >= 0.3 is 0 Å². The molecule has 1 aliphatic rings. The van der Waals surface area contributed by atoms with Crippen molar-refractivity contribution < 1.29 is 0 Å². The first kappa shape index (κ1) is 12.3. The Kier molecular flexibility index (Phi) is 3.05. The summed E-state index contributed by atoms with van der Waals surface area (Å²) < 4.78 is 2.01. The maximum absolute atomic E-state index is 4.48. The fourth-order valence-corrected chi connectivity index (χ4v) is 2.97. The van der Waals surface area contributed by atoms with Gasteiger partial charge < -0.3 is 9.47 Å². The lowest BCUT2D eigenvalue weighted by molar-refractivity contribution is 0.707. The van der Waals surface area contributed by atoms with Gasteiger partial charge in [-0.2, -0.15) is 0 Å². The monoisotopic (exact) mass is 255 g/mol. The summed E-state index contributed by atoms with van der Waals surface area (Å²) >= 11 is 0. The molecule has 1 aromatic carbocycles. The minimum Gasteiger partial charge on any atom is -0.372 e. The van der Waals surface area contributed by atoms with Crippen molar-refractivity contribution in [3.05, 3.63) is 35.8 Å². The number of imidazole rings is 1. The van der Waals surface area contributed by atoms with Gasteiger partial charge in [-0.3, -0.25) is 0 Å². The lowest BCUT2D eigenvalue weighted by Gasteiger charge is -2.31. The Bertz CT molecular complexity index is 598. The SMILES string of the molecule is CCN1CCCc2cc(-c3cn(C)cn3)c(C)cc21. The summed E-state index contributed by atoms with van der Waals surface area (Å²) in [7, 11) is 2.02. The number of aryl methyl sites for hydroxylation is 3. The zero-order valence-electron chi connectivity index (χ0n) is 12.0. The van der Waals surface area contributed by atoms with Crippen LogP contribution < -0.4 is 4.90 Å². The number of nitrogens with zero attached hydrogens (tertiary/aromatic N) is 3.